The van der Waals surface area contributed by atoms with Crippen molar-refractivity contribution in [2.45, 2.75) is 45.1 Å². The standard InChI is InChI=1S/C26H27N9O3/c1-16(2)25-31-23(32-38-25)18-7-9-33(10-8-18)24-19(12-27)11-20(13-29-24)17-3-5-21(6-4-17)34-15-30-35(26(34)37)14-22(28)36/h3-6,11,13,15-16,18H,7-10,14H2,1-2H3,(H2,28,36). The van der Waals surface area contributed by atoms with Crippen LogP contribution in [-0.2, 0) is 11.3 Å². The average molecular weight is 514 g/mol. The van der Waals surface area contributed by atoms with Crippen LogP contribution in [0, 0.1) is 11.3 Å². The number of nitrogens with two attached hydrogens (primary N) is 1. The molecular formula is C26H27N9O3. The van der Waals surface area contributed by atoms with Gasteiger partial charge in [0.2, 0.25) is 11.8 Å². The van der Waals surface area contributed by atoms with E-state index < -0.39 is 11.6 Å². The molecule has 1 aromatic carbocycles. The Bertz CT molecular complexity index is 1550. The molecular weight excluding hydrogens is 486 g/mol. The molecule has 0 spiro atoms. The summed E-state index contributed by atoms with van der Waals surface area (Å²) in [6.45, 7) is 5.25. The number of pyridine rings is 1. The van der Waals surface area contributed by atoms with Gasteiger partial charge in [-0.05, 0) is 36.6 Å². The maximum atomic E-state index is 12.5. The lowest BCUT2D eigenvalue weighted by Crippen LogP contribution is -2.34. The van der Waals surface area contributed by atoms with Crippen molar-refractivity contribution in [3.63, 3.8) is 0 Å². The molecule has 1 saturated heterocycles. The van der Waals surface area contributed by atoms with Gasteiger partial charge in [-0.15, -0.1) is 0 Å². The summed E-state index contributed by atoms with van der Waals surface area (Å²) in [5.41, 5.74) is 7.42. The van der Waals surface area contributed by atoms with Crippen molar-refractivity contribution in [3.8, 4) is 22.9 Å². The van der Waals surface area contributed by atoms with Crippen LogP contribution >= 0.6 is 0 Å². The SMILES string of the molecule is CC(C)c1nc(C2CCN(c3ncc(-c4ccc(-n5cnn(CC(N)=O)c5=O)cc4)cc3C#N)CC2)no1. The van der Waals surface area contributed by atoms with Crippen molar-refractivity contribution in [1.82, 2.24) is 29.5 Å². The Balaban J connectivity index is 1.30. The first kappa shape index (κ1) is 24.9. The monoisotopic (exact) mass is 513 g/mol. The Morgan fingerprint density at radius 1 is 1.21 bits per heavy atom. The molecule has 3 aromatic heterocycles. The molecule has 12 heteroatoms. The van der Waals surface area contributed by atoms with E-state index in [1.807, 2.05) is 32.0 Å². The van der Waals surface area contributed by atoms with E-state index in [1.54, 1.807) is 18.3 Å². The van der Waals surface area contributed by atoms with Gasteiger partial charge in [0.25, 0.3) is 0 Å². The normalized spacial score (nSPS) is 14.1. The molecule has 38 heavy (non-hydrogen) atoms. The number of carbonyl (C=O) groups excluding carboxylic acids is 1. The summed E-state index contributed by atoms with van der Waals surface area (Å²) in [7, 11) is 0. The molecule has 0 bridgehead atoms. The van der Waals surface area contributed by atoms with E-state index >= 15 is 0 Å². The van der Waals surface area contributed by atoms with Crippen LogP contribution in [0.25, 0.3) is 16.8 Å². The van der Waals surface area contributed by atoms with E-state index in [9.17, 15) is 14.9 Å². The van der Waals surface area contributed by atoms with E-state index in [0.717, 1.165) is 47.6 Å². The molecule has 1 aliphatic heterocycles. The fourth-order valence-corrected chi connectivity index (χ4v) is 4.53. The molecule has 5 rings (SSSR count). The molecule has 1 amide bonds. The lowest BCUT2D eigenvalue weighted by molar-refractivity contribution is -0.118. The van der Waals surface area contributed by atoms with Crippen molar-refractivity contribution in [2.24, 2.45) is 5.73 Å². The highest BCUT2D eigenvalue weighted by Crippen LogP contribution is 2.32. The van der Waals surface area contributed by atoms with Gasteiger partial charge in [0.15, 0.2) is 5.82 Å². The number of hydrogen-bond acceptors (Lipinski definition) is 9. The Kier molecular flexibility index (Phi) is 6.74. The zero-order valence-corrected chi connectivity index (χ0v) is 21.1. The molecule has 194 valence electrons. The summed E-state index contributed by atoms with van der Waals surface area (Å²) in [4.78, 5) is 34.9. The summed E-state index contributed by atoms with van der Waals surface area (Å²) >= 11 is 0. The minimum Gasteiger partial charge on any atom is -0.368 e. The second-order valence-corrected chi connectivity index (χ2v) is 9.57. The lowest BCUT2D eigenvalue weighted by atomic mass is 9.95. The molecule has 0 aliphatic carbocycles. The molecule has 4 aromatic rings. The van der Waals surface area contributed by atoms with E-state index in [1.165, 1.54) is 10.9 Å². The number of primary amides is 1. The van der Waals surface area contributed by atoms with E-state index in [0.29, 0.717) is 23.0 Å². The fraction of sp³-hybridized carbons (Fsp3) is 0.346. The first-order valence-electron chi connectivity index (χ1n) is 12.4. The van der Waals surface area contributed by atoms with Crippen LogP contribution in [0.1, 0.15) is 55.8 Å². The number of nitrogens with zero attached hydrogens (tertiary/aromatic N) is 8. The highest BCUT2D eigenvalue weighted by molar-refractivity contribution is 5.73. The number of benzene rings is 1. The van der Waals surface area contributed by atoms with Crippen molar-refractivity contribution in [1.29, 1.82) is 5.26 Å². The van der Waals surface area contributed by atoms with Gasteiger partial charge < -0.3 is 15.2 Å². The fourth-order valence-electron chi connectivity index (χ4n) is 4.53. The quantitative estimate of drug-likeness (QED) is 0.391. The van der Waals surface area contributed by atoms with Crippen molar-refractivity contribution in [2.75, 3.05) is 18.0 Å². The van der Waals surface area contributed by atoms with E-state index in [4.69, 9.17) is 10.3 Å². The molecule has 4 heterocycles. The molecule has 12 nitrogen and oxygen atoms in total. The van der Waals surface area contributed by atoms with Gasteiger partial charge in [0.05, 0.1) is 11.3 Å². The summed E-state index contributed by atoms with van der Waals surface area (Å²) in [5, 5.41) is 18.0. The number of rotatable bonds is 7. The first-order chi connectivity index (χ1) is 18.3. The zero-order chi connectivity index (χ0) is 26.8. The van der Waals surface area contributed by atoms with Crippen LogP contribution in [0.15, 0.2) is 52.2 Å². The van der Waals surface area contributed by atoms with E-state index in [-0.39, 0.29) is 18.4 Å². The maximum Gasteiger partial charge on any atom is 0.350 e. The van der Waals surface area contributed by atoms with Gasteiger partial charge in [0, 0.05) is 36.7 Å². The first-order valence-corrected chi connectivity index (χ1v) is 12.4. The molecule has 0 atom stereocenters. The zero-order valence-electron chi connectivity index (χ0n) is 21.1. The summed E-state index contributed by atoms with van der Waals surface area (Å²) in [6.07, 6.45) is 4.79. The number of carbonyl (C=O) groups is 1. The summed E-state index contributed by atoms with van der Waals surface area (Å²) in [5.74, 6) is 1.85. The predicted molar refractivity (Wildman–Crippen MR) is 138 cm³/mol. The van der Waals surface area contributed by atoms with Crippen LogP contribution in [0.2, 0.25) is 0 Å². The van der Waals surface area contributed by atoms with Crippen LogP contribution in [0.4, 0.5) is 5.82 Å². The van der Waals surface area contributed by atoms with Crippen LogP contribution in [0.5, 0.6) is 0 Å². The van der Waals surface area contributed by atoms with Gasteiger partial charge in [0.1, 0.15) is 24.8 Å². The summed E-state index contributed by atoms with van der Waals surface area (Å²) in [6, 6.07) is 11.3. The molecule has 0 unspecified atom stereocenters. The molecule has 0 radical (unpaired) electrons. The minimum atomic E-state index is -0.645. The predicted octanol–water partition coefficient (Wildman–Crippen LogP) is 2.34. The largest absolute Gasteiger partial charge is 0.368 e. The topological polar surface area (TPSA) is 162 Å². The van der Waals surface area contributed by atoms with Gasteiger partial charge in [-0.2, -0.15) is 15.3 Å². The molecule has 2 N–H and O–H groups in total. The van der Waals surface area contributed by atoms with E-state index in [2.05, 4.69) is 31.2 Å². The van der Waals surface area contributed by atoms with Crippen molar-refractivity contribution < 1.29 is 9.32 Å². The Morgan fingerprint density at radius 3 is 2.58 bits per heavy atom. The Morgan fingerprint density at radius 2 is 1.95 bits per heavy atom. The average Bonchev–Trinajstić information content (AvgIpc) is 3.56. The number of aromatic nitrogens is 6. The highest BCUT2D eigenvalue weighted by atomic mass is 16.5. The van der Waals surface area contributed by atoms with Gasteiger partial charge in [-0.25, -0.2) is 19.0 Å². The maximum absolute atomic E-state index is 12.5. The number of amides is 1. The second-order valence-electron chi connectivity index (χ2n) is 9.57. The third kappa shape index (κ3) is 4.90. The van der Waals surface area contributed by atoms with Gasteiger partial charge in [-0.3, -0.25) is 4.79 Å². The number of nitriles is 1. The number of anilines is 1. The Hall–Kier alpha value is -4.79. The van der Waals surface area contributed by atoms with Gasteiger partial charge in [-0.1, -0.05) is 31.1 Å². The van der Waals surface area contributed by atoms with Crippen molar-refractivity contribution >= 4 is 11.7 Å². The number of hydrogen-bond donors (Lipinski definition) is 1. The Labute approximate surface area is 218 Å². The smallest absolute Gasteiger partial charge is 0.350 e. The molecule has 1 aliphatic rings. The highest BCUT2D eigenvalue weighted by Gasteiger charge is 2.27. The van der Waals surface area contributed by atoms with Crippen molar-refractivity contribution in [3.05, 3.63) is 70.6 Å². The van der Waals surface area contributed by atoms with Crippen LogP contribution in [-0.4, -0.2) is 48.5 Å². The second kappa shape index (κ2) is 10.3. The third-order valence-electron chi connectivity index (χ3n) is 6.62. The van der Waals surface area contributed by atoms with Crippen LogP contribution < -0.4 is 16.3 Å². The van der Waals surface area contributed by atoms with Crippen LogP contribution in [0.3, 0.4) is 0 Å². The third-order valence-corrected chi connectivity index (χ3v) is 6.62. The summed E-state index contributed by atoms with van der Waals surface area (Å²) < 4.78 is 7.70. The number of piperidine rings is 1. The minimum absolute atomic E-state index is 0.198. The lowest BCUT2D eigenvalue weighted by Gasteiger charge is -2.32. The van der Waals surface area contributed by atoms with Gasteiger partial charge >= 0.3 is 5.69 Å². The molecule has 0 saturated carbocycles. The molecule has 1 fully saturated rings.